The maximum absolute atomic E-state index is 12.4. The van der Waals surface area contributed by atoms with Crippen LogP contribution in [0.1, 0.15) is 28.8 Å². The van der Waals surface area contributed by atoms with Gasteiger partial charge >= 0.3 is 0 Å². The van der Waals surface area contributed by atoms with Gasteiger partial charge in [-0.25, -0.2) is 4.98 Å². The maximum Gasteiger partial charge on any atom is 0.257 e. The molecular weight excluding hydrogens is 402 g/mol. The van der Waals surface area contributed by atoms with Gasteiger partial charge in [-0.2, -0.15) is 0 Å². The Morgan fingerprint density at radius 2 is 2.04 bits per heavy atom. The highest BCUT2D eigenvalue weighted by atomic mass is 35.5. The first-order valence-corrected chi connectivity index (χ1v) is 10.6. The summed E-state index contributed by atoms with van der Waals surface area (Å²) in [4.78, 5) is 31.4. The summed E-state index contributed by atoms with van der Waals surface area (Å²) >= 11 is 8.79. The van der Waals surface area contributed by atoms with Crippen molar-refractivity contribution < 1.29 is 9.59 Å². The van der Waals surface area contributed by atoms with E-state index in [1.807, 2.05) is 34.5 Å². The van der Waals surface area contributed by atoms with Crippen LogP contribution >= 0.6 is 34.3 Å². The summed E-state index contributed by atoms with van der Waals surface area (Å²) < 4.78 is 0.708. The number of hydrogen-bond acceptors (Lipinski definition) is 5. The Balaban J connectivity index is 1.39. The zero-order chi connectivity index (χ0) is 18.8. The Morgan fingerprint density at radius 1 is 1.22 bits per heavy atom. The zero-order valence-electron chi connectivity index (χ0n) is 14.3. The number of thiophene rings is 1. The Hall–Kier alpha value is -2.22. The number of nitrogens with one attached hydrogen (secondary N) is 1. The molecule has 5 nitrogen and oxygen atoms in total. The Kier molecular flexibility index (Phi) is 5.24. The van der Waals surface area contributed by atoms with Gasteiger partial charge in [0.25, 0.3) is 5.91 Å². The third kappa shape index (κ3) is 4.21. The van der Waals surface area contributed by atoms with Crippen molar-refractivity contribution in [2.45, 2.75) is 19.4 Å². The van der Waals surface area contributed by atoms with Crippen molar-refractivity contribution >= 4 is 51.2 Å². The SMILES string of the molecule is O=C(Nc1nc(-c2ccc(Cl)s2)cs1)c1ccc(CN2CCCC2=O)cc1. The van der Waals surface area contributed by atoms with Crippen molar-refractivity contribution in [3.8, 4) is 10.6 Å². The zero-order valence-corrected chi connectivity index (χ0v) is 16.7. The Morgan fingerprint density at radius 3 is 2.70 bits per heavy atom. The van der Waals surface area contributed by atoms with Crippen LogP contribution in [0, 0.1) is 0 Å². The molecule has 1 fully saturated rings. The van der Waals surface area contributed by atoms with Crippen LogP contribution in [0.25, 0.3) is 10.6 Å². The Bertz CT molecular complexity index is 981. The molecule has 1 aliphatic rings. The van der Waals surface area contributed by atoms with Crippen LogP contribution in [-0.4, -0.2) is 28.2 Å². The van der Waals surface area contributed by atoms with E-state index in [0.717, 1.165) is 29.1 Å². The van der Waals surface area contributed by atoms with Crippen molar-refractivity contribution in [3.63, 3.8) is 0 Å². The van der Waals surface area contributed by atoms with Gasteiger partial charge in [-0.3, -0.25) is 14.9 Å². The molecule has 138 valence electrons. The molecule has 0 spiro atoms. The molecule has 0 bridgehead atoms. The normalized spacial score (nSPS) is 14.0. The molecule has 0 radical (unpaired) electrons. The van der Waals surface area contributed by atoms with Crippen molar-refractivity contribution in [2.75, 3.05) is 11.9 Å². The predicted octanol–water partition coefficient (Wildman–Crippen LogP) is 4.90. The molecule has 0 unspecified atom stereocenters. The third-order valence-corrected chi connectivity index (χ3v) is 6.32. The maximum atomic E-state index is 12.4. The number of anilines is 1. The molecular formula is C19H16ClN3O2S2. The van der Waals surface area contributed by atoms with Crippen LogP contribution in [0.2, 0.25) is 4.34 Å². The van der Waals surface area contributed by atoms with E-state index < -0.39 is 0 Å². The van der Waals surface area contributed by atoms with Crippen molar-refractivity contribution in [1.29, 1.82) is 0 Å². The fourth-order valence-electron chi connectivity index (χ4n) is 2.92. The number of benzene rings is 1. The summed E-state index contributed by atoms with van der Waals surface area (Å²) in [5.41, 5.74) is 2.38. The Labute approximate surface area is 169 Å². The summed E-state index contributed by atoms with van der Waals surface area (Å²) in [6.07, 6.45) is 1.56. The average molecular weight is 418 g/mol. The molecule has 3 aromatic rings. The van der Waals surface area contributed by atoms with E-state index in [4.69, 9.17) is 11.6 Å². The summed E-state index contributed by atoms with van der Waals surface area (Å²) in [6.45, 7) is 1.41. The monoisotopic (exact) mass is 417 g/mol. The van der Waals surface area contributed by atoms with E-state index in [0.29, 0.717) is 28.0 Å². The molecule has 1 aliphatic heterocycles. The summed E-state index contributed by atoms with van der Waals surface area (Å²) in [7, 11) is 0. The van der Waals surface area contributed by atoms with Gasteiger partial charge in [-0.15, -0.1) is 22.7 Å². The summed E-state index contributed by atoms with van der Waals surface area (Å²) in [5.74, 6) is -0.00710. The van der Waals surface area contributed by atoms with Crippen LogP contribution in [0.5, 0.6) is 0 Å². The van der Waals surface area contributed by atoms with Gasteiger partial charge in [-0.1, -0.05) is 23.7 Å². The number of likely N-dealkylation sites (tertiary alicyclic amines) is 1. The van der Waals surface area contributed by atoms with Gasteiger partial charge in [0.1, 0.15) is 0 Å². The minimum absolute atomic E-state index is 0.198. The molecule has 1 saturated heterocycles. The van der Waals surface area contributed by atoms with Gasteiger partial charge in [0, 0.05) is 30.5 Å². The molecule has 0 aliphatic carbocycles. The van der Waals surface area contributed by atoms with Gasteiger partial charge in [-0.05, 0) is 36.2 Å². The number of carbonyl (C=O) groups is 2. The summed E-state index contributed by atoms with van der Waals surface area (Å²) in [6, 6.07) is 11.1. The number of rotatable bonds is 5. The summed E-state index contributed by atoms with van der Waals surface area (Å²) in [5, 5.41) is 5.27. The minimum Gasteiger partial charge on any atom is -0.338 e. The standard InChI is InChI=1S/C19H16ClN3O2S2/c20-16-8-7-15(27-16)14-11-26-19(21-14)22-18(25)13-5-3-12(4-6-13)10-23-9-1-2-17(23)24/h3-8,11H,1-2,9-10H2,(H,21,22,25). The predicted molar refractivity (Wildman–Crippen MR) is 109 cm³/mol. The topological polar surface area (TPSA) is 62.3 Å². The van der Waals surface area contributed by atoms with E-state index in [-0.39, 0.29) is 11.8 Å². The number of nitrogens with zero attached hydrogens (tertiary/aromatic N) is 2. The average Bonchev–Trinajstić information content (AvgIpc) is 3.38. The van der Waals surface area contributed by atoms with E-state index >= 15 is 0 Å². The lowest BCUT2D eigenvalue weighted by atomic mass is 10.1. The van der Waals surface area contributed by atoms with E-state index in [1.54, 1.807) is 12.1 Å². The van der Waals surface area contributed by atoms with Crippen LogP contribution in [0.4, 0.5) is 5.13 Å². The molecule has 2 aromatic heterocycles. The van der Waals surface area contributed by atoms with Gasteiger partial charge in [0.2, 0.25) is 5.91 Å². The molecule has 0 atom stereocenters. The number of halogens is 1. The fraction of sp³-hybridized carbons (Fsp3) is 0.211. The molecule has 4 rings (SSSR count). The molecule has 8 heteroatoms. The highest BCUT2D eigenvalue weighted by Gasteiger charge is 2.20. The number of aromatic nitrogens is 1. The van der Waals surface area contributed by atoms with Crippen molar-refractivity contribution in [2.24, 2.45) is 0 Å². The van der Waals surface area contributed by atoms with Crippen LogP contribution in [-0.2, 0) is 11.3 Å². The van der Waals surface area contributed by atoms with E-state index in [2.05, 4.69) is 10.3 Å². The molecule has 2 amide bonds. The van der Waals surface area contributed by atoms with Gasteiger partial charge in [0.05, 0.1) is 14.9 Å². The number of carbonyl (C=O) groups excluding carboxylic acids is 2. The van der Waals surface area contributed by atoms with Crippen LogP contribution in [0.3, 0.4) is 0 Å². The lowest BCUT2D eigenvalue weighted by Gasteiger charge is -2.15. The molecule has 1 N–H and O–H groups in total. The second-order valence-electron chi connectivity index (χ2n) is 6.21. The smallest absolute Gasteiger partial charge is 0.257 e. The number of thiazole rings is 1. The molecule has 1 aromatic carbocycles. The van der Waals surface area contributed by atoms with E-state index in [9.17, 15) is 9.59 Å². The quantitative estimate of drug-likeness (QED) is 0.642. The minimum atomic E-state index is -0.205. The van der Waals surface area contributed by atoms with Gasteiger partial charge < -0.3 is 4.90 Å². The third-order valence-electron chi connectivity index (χ3n) is 4.31. The van der Waals surface area contributed by atoms with Crippen molar-refractivity contribution in [3.05, 3.63) is 57.2 Å². The first-order valence-electron chi connectivity index (χ1n) is 8.48. The first-order chi connectivity index (χ1) is 13.1. The lowest BCUT2D eigenvalue weighted by Crippen LogP contribution is -2.23. The highest BCUT2D eigenvalue weighted by molar-refractivity contribution is 7.20. The van der Waals surface area contributed by atoms with Crippen LogP contribution < -0.4 is 5.32 Å². The van der Waals surface area contributed by atoms with Crippen molar-refractivity contribution in [1.82, 2.24) is 9.88 Å². The second kappa shape index (κ2) is 7.80. The number of amides is 2. The molecule has 3 heterocycles. The fourth-order valence-corrected chi connectivity index (χ4v) is 4.70. The largest absolute Gasteiger partial charge is 0.338 e. The molecule has 0 saturated carbocycles. The molecule has 27 heavy (non-hydrogen) atoms. The first kappa shape index (κ1) is 18.2. The van der Waals surface area contributed by atoms with E-state index in [1.165, 1.54) is 22.7 Å². The second-order valence-corrected chi connectivity index (χ2v) is 8.78. The van der Waals surface area contributed by atoms with Gasteiger partial charge in [0.15, 0.2) is 5.13 Å². The number of hydrogen-bond donors (Lipinski definition) is 1. The van der Waals surface area contributed by atoms with Crippen LogP contribution in [0.15, 0.2) is 41.8 Å². The highest BCUT2D eigenvalue weighted by Crippen LogP contribution is 2.32. The lowest BCUT2D eigenvalue weighted by molar-refractivity contribution is -0.128.